The lowest BCUT2D eigenvalue weighted by Gasteiger charge is -2.27. The second-order valence-electron chi connectivity index (χ2n) is 8.58. The summed E-state index contributed by atoms with van der Waals surface area (Å²) in [5.74, 6) is 1.05. The lowest BCUT2D eigenvalue weighted by Crippen LogP contribution is -2.38. The van der Waals surface area contributed by atoms with E-state index in [0.29, 0.717) is 11.4 Å². The normalized spacial score (nSPS) is 19.8. The van der Waals surface area contributed by atoms with Crippen molar-refractivity contribution in [1.29, 1.82) is 0 Å². The van der Waals surface area contributed by atoms with Crippen LogP contribution in [0.2, 0.25) is 0 Å². The highest BCUT2D eigenvalue weighted by molar-refractivity contribution is 5.94. The van der Waals surface area contributed by atoms with Gasteiger partial charge in [0.15, 0.2) is 5.69 Å². The van der Waals surface area contributed by atoms with Gasteiger partial charge in [0.05, 0.1) is 17.3 Å². The standard InChI is InChI=1S/C23H29F3N4O2/c1-15(14-32-17-10-8-16(9-11-17)23(24,25)26)28-22(31)20-21(18-6-2-4-12-27-18)30-13-5-3-7-19(30)29-20/h8-11,15,18,27H,2-7,12-14H2,1H3,(H,28,31). The minimum Gasteiger partial charge on any atom is -0.491 e. The summed E-state index contributed by atoms with van der Waals surface area (Å²) in [4.78, 5) is 17.8. The number of rotatable bonds is 6. The number of benzene rings is 1. The van der Waals surface area contributed by atoms with E-state index in [0.717, 1.165) is 75.3 Å². The maximum Gasteiger partial charge on any atom is 0.416 e. The molecule has 0 spiro atoms. The maximum atomic E-state index is 13.1. The summed E-state index contributed by atoms with van der Waals surface area (Å²) in [5, 5.41) is 6.48. The van der Waals surface area contributed by atoms with Gasteiger partial charge >= 0.3 is 6.18 Å². The van der Waals surface area contributed by atoms with Crippen molar-refractivity contribution in [3.8, 4) is 5.75 Å². The van der Waals surface area contributed by atoms with Crippen molar-refractivity contribution in [1.82, 2.24) is 20.2 Å². The van der Waals surface area contributed by atoms with Gasteiger partial charge in [0.25, 0.3) is 5.91 Å². The molecule has 1 saturated heterocycles. The number of aromatic nitrogens is 2. The largest absolute Gasteiger partial charge is 0.491 e. The molecule has 4 rings (SSSR count). The van der Waals surface area contributed by atoms with Crippen LogP contribution in [-0.4, -0.2) is 34.7 Å². The van der Waals surface area contributed by atoms with Gasteiger partial charge in [-0.15, -0.1) is 0 Å². The van der Waals surface area contributed by atoms with Crippen molar-refractivity contribution < 1.29 is 22.7 Å². The van der Waals surface area contributed by atoms with E-state index in [9.17, 15) is 18.0 Å². The monoisotopic (exact) mass is 450 g/mol. The van der Waals surface area contributed by atoms with Crippen LogP contribution in [0.5, 0.6) is 5.75 Å². The molecule has 174 valence electrons. The second kappa shape index (κ2) is 9.52. The predicted octanol–water partition coefficient (Wildman–Crippen LogP) is 4.25. The number of fused-ring (bicyclic) bond motifs is 1. The van der Waals surface area contributed by atoms with Crippen LogP contribution in [0.1, 0.15) is 72.6 Å². The van der Waals surface area contributed by atoms with Crippen molar-refractivity contribution >= 4 is 5.91 Å². The Morgan fingerprint density at radius 3 is 2.72 bits per heavy atom. The second-order valence-corrected chi connectivity index (χ2v) is 8.58. The lowest BCUT2D eigenvalue weighted by atomic mass is 9.99. The molecule has 0 saturated carbocycles. The number of carbonyl (C=O) groups excluding carboxylic acids is 1. The molecule has 1 aromatic heterocycles. The summed E-state index contributed by atoms with van der Waals surface area (Å²) < 4.78 is 45.9. The number of halogens is 3. The molecule has 32 heavy (non-hydrogen) atoms. The highest BCUT2D eigenvalue weighted by Gasteiger charge is 2.31. The average molecular weight is 451 g/mol. The fourth-order valence-electron chi connectivity index (χ4n) is 4.41. The van der Waals surface area contributed by atoms with E-state index in [1.807, 2.05) is 0 Å². The van der Waals surface area contributed by atoms with E-state index in [1.54, 1.807) is 6.92 Å². The van der Waals surface area contributed by atoms with Crippen LogP contribution in [0.15, 0.2) is 24.3 Å². The highest BCUT2D eigenvalue weighted by atomic mass is 19.4. The quantitative estimate of drug-likeness (QED) is 0.691. The number of amides is 1. The number of nitrogens with one attached hydrogen (secondary N) is 2. The third-order valence-corrected chi connectivity index (χ3v) is 6.03. The number of nitrogens with zero attached hydrogens (tertiary/aromatic N) is 2. The molecule has 9 heteroatoms. The molecule has 1 fully saturated rings. The zero-order chi connectivity index (χ0) is 22.7. The fraction of sp³-hybridized carbons (Fsp3) is 0.565. The number of hydrogen-bond donors (Lipinski definition) is 2. The molecule has 2 aromatic rings. The van der Waals surface area contributed by atoms with Gasteiger partial charge in [-0.05, 0) is 63.4 Å². The van der Waals surface area contributed by atoms with Gasteiger partial charge in [-0.1, -0.05) is 6.42 Å². The molecule has 2 atom stereocenters. The Bertz CT molecular complexity index is 934. The summed E-state index contributed by atoms with van der Waals surface area (Å²) in [5.41, 5.74) is 0.731. The number of alkyl halides is 3. The summed E-state index contributed by atoms with van der Waals surface area (Å²) in [6, 6.07) is 4.33. The van der Waals surface area contributed by atoms with Gasteiger partial charge < -0.3 is 19.9 Å². The molecular weight excluding hydrogens is 421 g/mol. The number of aryl methyl sites for hydroxylation is 1. The lowest BCUT2D eigenvalue weighted by molar-refractivity contribution is -0.137. The Morgan fingerprint density at radius 2 is 2.03 bits per heavy atom. The summed E-state index contributed by atoms with van der Waals surface area (Å²) in [6.07, 6.45) is 1.90. The van der Waals surface area contributed by atoms with Crippen molar-refractivity contribution in [3.63, 3.8) is 0 Å². The van der Waals surface area contributed by atoms with E-state index in [4.69, 9.17) is 9.72 Å². The van der Waals surface area contributed by atoms with Crippen LogP contribution in [0, 0.1) is 0 Å². The number of carbonyl (C=O) groups is 1. The van der Waals surface area contributed by atoms with E-state index in [1.165, 1.54) is 12.1 Å². The minimum atomic E-state index is -4.38. The van der Waals surface area contributed by atoms with Gasteiger partial charge in [-0.3, -0.25) is 4.79 Å². The van der Waals surface area contributed by atoms with Crippen LogP contribution in [0.4, 0.5) is 13.2 Å². The van der Waals surface area contributed by atoms with E-state index >= 15 is 0 Å². The summed E-state index contributed by atoms with van der Waals surface area (Å²) in [6.45, 7) is 3.76. The minimum absolute atomic E-state index is 0.127. The van der Waals surface area contributed by atoms with Crippen molar-refractivity contribution in [2.24, 2.45) is 0 Å². The van der Waals surface area contributed by atoms with E-state index < -0.39 is 11.7 Å². The maximum absolute atomic E-state index is 13.1. The van der Waals surface area contributed by atoms with Crippen LogP contribution in [-0.2, 0) is 19.1 Å². The molecule has 0 bridgehead atoms. The first-order chi connectivity index (χ1) is 15.3. The molecule has 1 amide bonds. The number of piperidine rings is 1. The zero-order valence-corrected chi connectivity index (χ0v) is 18.2. The third-order valence-electron chi connectivity index (χ3n) is 6.03. The van der Waals surface area contributed by atoms with E-state index in [2.05, 4.69) is 15.2 Å². The van der Waals surface area contributed by atoms with Gasteiger partial charge in [0.2, 0.25) is 0 Å². The van der Waals surface area contributed by atoms with Crippen molar-refractivity contribution in [2.75, 3.05) is 13.2 Å². The Kier molecular flexibility index (Phi) is 6.74. The number of hydrogen-bond acceptors (Lipinski definition) is 4. The molecule has 0 aliphatic carbocycles. The summed E-state index contributed by atoms with van der Waals surface area (Å²) in [7, 11) is 0. The van der Waals surface area contributed by atoms with Crippen molar-refractivity contribution in [2.45, 2.75) is 70.3 Å². The first kappa shape index (κ1) is 22.6. The molecule has 2 N–H and O–H groups in total. The van der Waals surface area contributed by atoms with Gasteiger partial charge in [0, 0.05) is 19.0 Å². The first-order valence-corrected chi connectivity index (χ1v) is 11.3. The Morgan fingerprint density at radius 1 is 1.25 bits per heavy atom. The molecule has 0 radical (unpaired) electrons. The zero-order valence-electron chi connectivity index (χ0n) is 18.2. The van der Waals surface area contributed by atoms with Crippen LogP contribution in [0.3, 0.4) is 0 Å². The Hall–Kier alpha value is -2.55. The molecular formula is C23H29F3N4O2. The molecule has 3 heterocycles. The van der Waals surface area contributed by atoms with E-state index in [-0.39, 0.29) is 24.6 Å². The SMILES string of the molecule is CC(COc1ccc(C(F)(F)F)cc1)NC(=O)c1nc2n(c1C1CCCCN1)CCCC2. The number of ether oxygens (including phenoxy) is 1. The average Bonchev–Trinajstić information content (AvgIpc) is 3.18. The molecule has 1 aromatic carbocycles. The molecule has 2 aliphatic rings. The summed E-state index contributed by atoms with van der Waals surface area (Å²) >= 11 is 0. The van der Waals surface area contributed by atoms with Gasteiger partial charge in [-0.2, -0.15) is 13.2 Å². The van der Waals surface area contributed by atoms with Gasteiger partial charge in [0.1, 0.15) is 18.2 Å². The Balaban J connectivity index is 1.41. The van der Waals surface area contributed by atoms with Crippen LogP contribution >= 0.6 is 0 Å². The van der Waals surface area contributed by atoms with Crippen molar-refractivity contribution in [3.05, 3.63) is 47.0 Å². The van der Waals surface area contributed by atoms with Crippen LogP contribution in [0.25, 0.3) is 0 Å². The topological polar surface area (TPSA) is 68.2 Å². The van der Waals surface area contributed by atoms with Gasteiger partial charge in [-0.25, -0.2) is 4.98 Å². The highest BCUT2D eigenvalue weighted by Crippen LogP contribution is 2.31. The molecule has 2 aliphatic heterocycles. The molecule has 2 unspecified atom stereocenters. The third kappa shape index (κ3) is 5.09. The predicted molar refractivity (Wildman–Crippen MR) is 114 cm³/mol. The Labute approximate surface area is 185 Å². The molecule has 6 nitrogen and oxygen atoms in total. The van der Waals surface area contributed by atoms with Crippen LogP contribution < -0.4 is 15.4 Å². The number of imidazole rings is 1. The first-order valence-electron chi connectivity index (χ1n) is 11.3. The fourth-order valence-corrected chi connectivity index (χ4v) is 4.41. The smallest absolute Gasteiger partial charge is 0.416 e.